The van der Waals surface area contributed by atoms with Gasteiger partial charge in [0.1, 0.15) is 5.82 Å². The van der Waals surface area contributed by atoms with Gasteiger partial charge in [-0.25, -0.2) is 4.68 Å². The maximum Gasteiger partial charge on any atom is 0.149 e. The molecule has 0 radical (unpaired) electrons. The molecule has 0 bridgehead atoms. The molecule has 0 aliphatic rings. The van der Waals surface area contributed by atoms with Crippen LogP contribution in [0.1, 0.15) is 25.3 Å². The average molecular weight is 176 g/mol. The van der Waals surface area contributed by atoms with Crippen LogP contribution in [0.5, 0.6) is 0 Å². The van der Waals surface area contributed by atoms with Crippen molar-refractivity contribution in [3.05, 3.63) is 30.2 Å². The lowest BCUT2D eigenvalue weighted by Gasteiger charge is -1.97. The van der Waals surface area contributed by atoms with Crippen molar-refractivity contribution in [2.75, 3.05) is 0 Å². The first-order valence-corrected chi connectivity index (χ1v) is 4.31. The second kappa shape index (κ2) is 3.05. The van der Waals surface area contributed by atoms with E-state index in [4.69, 9.17) is 0 Å². The smallest absolute Gasteiger partial charge is 0.149 e. The molecule has 0 spiro atoms. The van der Waals surface area contributed by atoms with E-state index in [-0.39, 0.29) is 0 Å². The highest BCUT2D eigenvalue weighted by molar-refractivity contribution is 5.21. The van der Waals surface area contributed by atoms with Crippen LogP contribution in [0.3, 0.4) is 0 Å². The number of aromatic amines is 1. The number of nitrogens with zero attached hydrogens (tertiary/aromatic N) is 3. The molecule has 0 aliphatic heterocycles. The number of hydrogen-bond donors (Lipinski definition) is 1. The molecular weight excluding hydrogens is 164 g/mol. The van der Waals surface area contributed by atoms with E-state index in [1.54, 1.807) is 10.9 Å². The molecule has 2 rings (SSSR count). The molecule has 2 heterocycles. The molecule has 0 amide bonds. The first-order valence-electron chi connectivity index (χ1n) is 4.31. The fourth-order valence-corrected chi connectivity index (χ4v) is 1.14. The summed E-state index contributed by atoms with van der Waals surface area (Å²) in [7, 11) is 0. The van der Waals surface area contributed by atoms with Gasteiger partial charge < -0.3 is 0 Å². The number of hydrogen-bond acceptors (Lipinski definition) is 2. The van der Waals surface area contributed by atoms with Crippen LogP contribution >= 0.6 is 0 Å². The minimum atomic E-state index is 0.511. The number of nitrogens with one attached hydrogen (secondary N) is 1. The lowest BCUT2D eigenvalue weighted by molar-refractivity contribution is 0.830. The van der Waals surface area contributed by atoms with Crippen molar-refractivity contribution in [1.82, 2.24) is 20.0 Å². The van der Waals surface area contributed by atoms with Gasteiger partial charge in [0, 0.05) is 12.3 Å². The topological polar surface area (TPSA) is 46.5 Å². The Hall–Kier alpha value is -1.58. The van der Waals surface area contributed by atoms with Crippen molar-refractivity contribution in [1.29, 1.82) is 0 Å². The monoisotopic (exact) mass is 176 g/mol. The van der Waals surface area contributed by atoms with E-state index in [2.05, 4.69) is 29.1 Å². The fourth-order valence-electron chi connectivity index (χ4n) is 1.14. The molecule has 0 aromatic carbocycles. The van der Waals surface area contributed by atoms with E-state index in [9.17, 15) is 0 Å². The van der Waals surface area contributed by atoms with E-state index in [0.717, 1.165) is 5.82 Å². The molecule has 0 saturated heterocycles. The Morgan fingerprint density at radius 1 is 1.46 bits per heavy atom. The summed E-state index contributed by atoms with van der Waals surface area (Å²) in [5.74, 6) is 1.41. The highest BCUT2D eigenvalue weighted by Gasteiger charge is 2.04. The molecule has 13 heavy (non-hydrogen) atoms. The summed E-state index contributed by atoms with van der Waals surface area (Å²) in [5, 5.41) is 10.9. The van der Waals surface area contributed by atoms with Crippen LogP contribution in [0.15, 0.2) is 24.7 Å². The Morgan fingerprint density at radius 2 is 2.31 bits per heavy atom. The van der Waals surface area contributed by atoms with Crippen LogP contribution in [0, 0.1) is 0 Å². The summed E-state index contributed by atoms with van der Waals surface area (Å²) < 4.78 is 1.79. The van der Waals surface area contributed by atoms with Gasteiger partial charge in [-0.3, -0.25) is 5.10 Å². The first kappa shape index (κ1) is 8.04. The summed E-state index contributed by atoms with van der Waals surface area (Å²) in [6, 6.07) is 1.89. The molecule has 68 valence electrons. The van der Waals surface area contributed by atoms with Crippen molar-refractivity contribution in [2.45, 2.75) is 19.8 Å². The number of H-pyrrole nitrogens is 1. The Balaban J connectivity index is 2.33. The standard InChI is InChI=1S/C9H12N4/c1-7(2)8-5-11-13(6-8)9-3-4-10-12-9/h3-7H,1-2H3,(H,10,12). The van der Waals surface area contributed by atoms with Gasteiger partial charge in [0.05, 0.1) is 12.4 Å². The maximum atomic E-state index is 4.23. The fraction of sp³-hybridized carbons (Fsp3) is 0.333. The molecule has 2 aromatic rings. The van der Waals surface area contributed by atoms with Gasteiger partial charge in [0.2, 0.25) is 0 Å². The predicted molar refractivity (Wildman–Crippen MR) is 49.8 cm³/mol. The van der Waals surface area contributed by atoms with Crippen LogP contribution in [0.4, 0.5) is 0 Å². The predicted octanol–water partition coefficient (Wildman–Crippen LogP) is 1.72. The summed E-state index contributed by atoms with van der Waals surface area (Å²) >= 11 is 0. The number of aromatic nitrogens is 4. The van der Waals surface area contributed by atoms with Crippen LogP contribution in [-0.2, 0) is 0 Å². The van der Waals surface area contributed by atoms with Gasteiger partial charge in [0.25, 0.3) is 0 Å². The minimum Gasteiger partial charge on any atom is -0.261 e. The van der Waals surface area contributed by atoms with E-state index in [1.807, 2.05) is 18.5 Å². The molecule has 0 unspecified atom stereocenters. The van der Waals surface area contributed by atoms with Crippen molar-refractivity contribution < 1.29 is 0 Å². The zero-order valence-electron chi connectivity index (χ0n) is 7.73. The van der Waals surface area contributed by atoms with Crippen molar-refractivity contribution in [3.8, 4) is 5.82 Å². The van der Waals surface area contributed by atoms with Gasteiger partial charge in [-0.05, 0) is 11.5 Å². The third-order valence-electron chi connectivity index (χ3n) is 2.00. The maximum absolute atomic E-state index is 4.23. The van der Waals surface area contributed by atoms with Gasteiger partial charge in [-0.1, -0.05) is 13.8 Å². The Morgan fingerprint density at radius 3 is 2.85 bits per heavy atom. The SMILES string of the molecule is CC(C)c1cnn(-c2ccn[nH]2)c1. The largest absolute Gasteiger partial charge is 0.261 e. The molecule has 0 atom stereocenters. The van der Waals surface area contributed by atoms with E-state index in [1.165, 1.54) is 5.56 Å². The Kier molecular flexibility index (Phi) is 1.88. The summed E-state index contributed by atoms with van der Waals surface area (Å²) in [5.41, 5.74) is 1.23. The molecule has 0 saturated carbocycles. The molecule has 0 fully saturated rings. The zero-order chi connectivity index (χ0) is 9.26. The van der Waals surface area contributed by atoms with E-state index >= 15 is 0 Å². The highest BCUT2D eigenvalue weighted by Crippen LogP contribution is 2.13. The van der Waals surface area contributed by atoms with Crippen molar-refractivity contribution >= 4 is 0 Å². The van der Waals surface area contributed by atoms with Crippen LogP contribution in [-0.4, -0.2) is 20.0 Å². The molecule has 0 aliphatic carbocycles. The van der Waals surface area contributed by atoms with Gasteiger partial charge in [0.15, 0.2) is 0 Å². The van der Waals surface area contributed by atoms with E-state index in [0.29, 0.717) is 5.92 Å². The third-order valence-corrected chi connectivity index (χ3v) is 2.00. The molecule has 2 aromatic heterocycles. The lowest BCUT2D eigenvalue weighted by Crippen LogP contribution is -1.94. The van der Waals surface area contributed by atoms with Gasteiger partial charge in [-0.15, -0.1) is 0 Å². The number of rotatable bonds is 2. The third kappa shape index (κ3) is 1.47. The molecule has 4 heteroatoms. The quantitative estimate of drug-likeness (QED) is 0.757. The zero-order valence-corrected chi connectivity index (χ0v) is 7.73. The van der Waals surface area contributed by atoms with E-state index < -0.39 is 0 Å². The van der Waals surface area contributed by atoms with Gasteiger partial charge >= 0.3 is 0 Å². The average Bonchev–Trinajstić information content (AvgIpc) is 2.75. The summed E-state index contributed by atoms with van der Waals surface area (Å²) in [6.07, 6.45) is 5.61. The molecule has 1 N–H and O–H groups in total. The van der Waals surface area contributed by atoms with Crippen molar-refractivity contribution in [2.24, 2.45) is 0 Å². The minimum absolute atomic E-state index is 0.511. The van der Waals surface area contributed by atoms with Crippen LogP contribution in [0.25, 0.3) is 5.82 Å². The first-order chi connectivity index (χ1) is 6.27. The summed E-state index contributed by atoms with van der Waals surface area (Å²) in [6.45, 7) is 4.29. The Bertz CT molecular complexity index is 372. The Labute approximate surface area is 76.6 Å². The van der Waals surface area contributed by atoms with Crippen LogP contribution in [0.2, 0.25) is 0 Å². The summed E-state index contributed by atoms with van der Waals surface area (Å²) in [4.78, 5) is 0. The second-order valence-electron chi connectivity index (χ2n) is 3.31. The van der Waals surface area contributed by atoms with Crippen molar-refractivity contribution in [3.63, 3.8) is 0 Å². The molecular formula is C9H12N4. The van der Waals surface area contributed by atoms with Crippen LogP contribution < -0.4 is 0 Å². The lowest BCUT2D eigenvalue weighted by atomic mass is 10.1. The normalized spacial score (nSPS) is 11.0. The molecule has 4 nitrogen and oxygen atoms in total. The second-order valence-corrected chi connectivity index (χ2v) is 3.31. The highest BCUT2D eigenvalue weighted by atomic mass is 15.3. The van der Waals surface area contributed by atoms with Gasteiger partial charge in [-0.2, -0.15) is 10.2 Å².